The van der Waals surface area contributed by atoms with Gasteiger partial charge >= 0.3 is 5.97 Å². The molecule has 0 aliphatic rings. The van der Waals surface area contributed by atoms with Gasteiger partial charge in [-0.25, -0.2) is 4.79 Å². The van der Waals surface area contributed by atoms with E-state index in [1.807, 2.05) is 24.3 Å². The molecule has 0 heterocycles. The lowest BCUT2D eigenvalue weighted by atomic mass is 10.1. The van der Waals surface area contributed by atoms with E-state index in [1.165, 1.54) is 0 Å². The van der Waals surface area contributed by atoms with E-state index in [-0.39, 0.29) is 0 Å². The van der Waals surface area contributed by atoms with Crippen LogP contribution in [-0.4, -0.2) is 11.1 Å². The van der Waals surface area contributed by atoms with Crippen LogP contribution in [0.3, 0.4) is 0 Å². The second kappa shape index (κ2) is 4.14. The van der Waals surface area contributed by atoms with Crippen LogP contribution in [0.2, 0.25) is 0 Å². The van der Waals surface area contributed by atoms with E-state index < -0.39 is 5.97 Å². The lowest BCUT2D eigenvalue weighted by Gasteiger charge is -1.96. The Hall–Kier alpha value is -1.22. The molecule has 0 aromatic heterocycles. The van der Waals surface area contributed by atoms with Gasteiger partial charge < -0.3 is 5.11 Å². The van der Waals surface area contributed by atoms with Crippen molar-refractivity contribution in [2.45, 2.75) is 11.8 Å². The number of aliphatic carboxylic acids is 1. The van der Waals surface area contributed by atoms with Crippen LogP contribution < -0.4 is 0 Å². The molecular formula is C10H10O2S. The Morgan fingerprint density at radius 1 is 1.54 bits per heavy atom. The molecule has 0 atom stereocenters. The molecule has 0 aliphatic heterocycles. The van der Waals surface area contributed by atoms with Crippen molar-refractivity contribution in [3.05, 3.63) is 35.4 Å². The molecule has 0 saturated carbocycles. The first-order valence-corrected chi connectivity index (χ1v) is 4.25. The van der Waals surface area contributed by atoms with E-state index in [2.05, 4.69) is 12.6 Å². The maximum absolute atomic E-state index is 10.5. The minimum Gasteiger partial charge on any atom is -0.478 e. The third-order valence-electron chi connectivity index (χ3n) is 1.59. The Morgan fingerprint density at radius 3 is 2.77 bits per heavy atom. The highest BCUT2D eigenvalue weighted by molar-refractivity contribution is 7.80. The summed E-state index contributed by atoms with van der Waals surface area (Å²) in [7, 11) is 0. The van der Waals surface area contributed by atoms with Crippen molar-refractivity contribution < 1.29 is 9.90 Å². The zero-order valence-electron chi connectivity index (χ0n) is 7.19. The number of benzene rings is 1. The summed E-state index contributed by atoms with van der Waals surface area (Å²) in [6.07, 6.45) is 1.61. The third kappa shape index (κ3) is 2.95. The van der Waals surface area contributed by atoms with Gasteiger partial charge in [-0.2, -0.15) is 0 Å². The zero-order valence-corrected chi connectivity index (χ0v) is 8.08. The second-order valence-corrected chi connectivity index (χ2v) is 3.24. The van der Waals surface area contributed by atoms with Crippen LogP contribution in [0.15, 0.2) is 34.7 Å². The number of thiol groups is 1. The molecule has 0 spiro atoms. The second-order valence-electron chi connectivity index (χ2n) is 2.73. The van der Waals surface area contributed by atoms with Crippen LogP contribution in [0, 0.1) is 0 Å². The topological polar surface area (TPSA) is 37.3 Å². The first-order chi connectivity index (χ1) is 6.09. The highest BCUT2D eigenvalue weighted by atomic mass is 32.1. The van der Waals surface area contributed by atoms with Gasteiger partial charge in [0.2, 0.25) is 0 Å². The highest BCUT2D eigenvalue weighted by Crippen LogP contribution is 2.12. The van der Waals surface area contributed by atoms with Crippen molar-refractivity contribution in [1.82, 2.24) is 0 Å². The van der Waals surface area contributed by atoms with Gasteiger partial charge in [0.15, 0.2) is 0 Å². The molecule has 0 aliphatic carbocycles. The molecule has 0 amide bonds. The van der Waals surface area contributed by atoms with Crippen LogP contribution in [0.4, 0.5) is 0 Å². The van der Waals surface area contributed by atoms with E-state index in [4.69, 9.17) is 5.11 Å². The standard InChI is InChI=1S/C10H10O2S/c1-7(10(11)12)5-8-3-2-4-9(13)6-8/h2-6,13H,1H3,(H,11,12). The van der Waals surface area contributed by atoms with Gasteiger partial charge in [-0.15, -0.1) is 12.6 Å². The van der Waals surface area contributed by atoms with Gasteiger partial charge in [-0.1, -0.05) is 12.1 Å². The molecule has 3 heteroatoms. The molecule has 0 bridgehead atoms. The summed E-state index contributed by atoms with van der Waals surface area (Å²) in [4.78, 5) is 11.3. The fraction of sp³-hybridized carbons (Fsp3) is 0.100. The van der Waals surface area contributed by atoms with Crippen molar-refractivity contribution in [3.63, 3.8) is 0 Å². The number of carboxylic acids is 1. The fourth-order valence-corrected chi connectivity index (χ4v) is 1.16. The Bertz CT molecular complexity index is 356. The molecule has 0 radical (unpaired) electrons. The number of hydrogen-bond donors (Lipinski definition) is 2. The molecule has 0 unspecified atom stereocenters. The van der Waals surface area contributed by atoms with Gasteiger partial charge in [0.05, 0.1) is 0 Å². The molecule has 1 N–H and O–H groups in total. The number of rotatable bonds is 2. The lowest BCUT2D eigenvalue weighted by molar-refractivity contribution is -0.132. The van der Waals surface area contributed by atoms with E-state index >= 15 is 0 Å². The molecule has 13 heavy (non-hydrogen) atoms. The SMILES string of the molecule is CC(=Cc1cccc(S)c1)C(=O)O. The first kappa shape index (κ1) is 9.86. The molecule has 68 valence electrons. The normalized spacial score (nSPS) is 11.4. The molecule has 1 rings (SSSR count). The van der Waals surface area contributed by atoms with E-state index in [0.29, 0.717) is 5.57 Å². The van der Waals surface area contributed by atoms with Gasteiger partial charge in [0, 0.05) is 10.5 Å². The predicted molar refractivity (Wildman–Crippen MR) is 55.0 cm³/mol. The largest absolute Gasteiger partial charge is 0.478 e. The van der Waals surface area contributed by atoms with E-state index in [0.717, 1.165) is 10.5 Å². The van der Waals surface area contributed by atoms with Crippen LogP contribution in [0.25, 0.3) is 6.08 Å². The van der Waals surface area contributed by atoms with Crippen molar-refractivity contribution in [1.29, 1.82) is 0 Å². The first-order valence-electron chi connectivity index (χ1n) is 3.80. The Labute approximate surface area is 82.3 Å². The maximum atomic E-state index is 10.5. The summed E-state index contributed by atoms with van der Waals surface area (Å²) in [5, 5.41) is 8.63. The molecule has 1 aromatic rings. The minimum absolute atomic E-state index is 0.318. The van der Waals surface area contributed by atoms with Crippen molar-refractivity contribution >= 4 is 24.7 Å². The average Bonchev–Trinajstić information content (AvgIpc) is 2.04. The van der Waals surface area contributed by atoms with Crippen molar-refractivity contribution in [2.24, 2.45) is 0 Å². The summed E-state index contributed by atoms with van der Waals surface area (Å²) < 4.78 is 0. The smallest absolute Gasteiger partial charge is 0.331 e. The van der Waals surface area contributed by atoms with Crippen LogP contribution in [0.5, 0.6) is 0 Å². The minimum atomic E-state index is -0.899. The zero-order chi connectivity index (χ0) is 9.84. The average molecular weight is 194 g/mol. The predicted octanol–water partition coefficient (Wildman–Crippen LogP) is 2.46. The van der Waals surface area contributed by atoms with E-state index in [1.54, 1.807) is 13.0 Å². The van der Waals surface area contributed by atoms with Gasteiger partial charge in [0.25, 0.3) is 0 Å². The Morgan fingerprint density at radius 2 is 2.23 bits per heavy atom. The molecule has 2 nitrogen and oxygen atoms in total. The van der Waals surface area contributed by atoms with Crippen molar-refractivity contribution in [3.8, 4) is 0 Å². The number of hydrogen-bond acceptors (Lipinski definition) is 2. The quantitative estimate of drug-likeness (QED) is 0.560. The number of carboxylic acid groups (broad SMARTS) is 1. The van der Waals surface area contributed by atoms with Gasteiger partial charge in [0.1, 0.15) is 0 Å². The summed E-state index contributed by atoms with van der Waals surface area (Å²) in [6, 6.07) is 7.33. The lowest BCUT2D eigenvalue weighted by Crippen LogP contribution is -1.95. The Balaban J connectivity index is 2.97. The number of carbonyl (C=O) groups is 1. The highest BCUT2D eigenvalue weighted by Gasteiger charge is 1.99. The fourth-order valence-electron chi connectivity index (χ4n) is 0.926. The van der Waals surface area contributed by atoms with Gasteiger partial charge in [-0.05, 0) is 30.7 Å². The third-order valence-corrected chi connectivity index (χ3v) is 1.87. The summed E-state index contributed by atoms with van der Waals surface area (Å²) in [6.45, 7) is 1.56. The molecule has 1 aromatic carbocycles. The molecule has 0 saturated heterocycles. The Kier molecular flexibility index (Phi) is 3.14. The van der Waals surface area contributed by atoms with Crippen LogP contribution in [-0.2, 0) is 4.79 Å². The molecular weight excluding hydrogens is 184 g/mol. The summed E-state index contributed by atoms with van der Waals surface area (Å²) in [5.41, 5.74) is 1.17. The van der Waals surface area contributed by atoms with Crippen LogP contribution in [0.1, 0.15) is 12.5 Å². The van der Waals surface area contributed by atoms with Crippen molar-refractivity contribution in [2.75, 3.05) is 0 Å². The monoisotopic (exact) mass is 194 g/mol. The summed E-state index contributed by atoms with van der Waals surface area (Å²) in [5.74, 6) is -0.899. The molecule has 0 fully saturated rings. The maximum Gasteiger partial charge on any atom is 0.331 e. The van der Waals surface area contributed by atoms with E-state index in [9.17, 15) is 4.79 Å². The van der Waals surface area contributed by atoms with Crippen LogP contribution >= 0.6 is 12.6 Å². The van der Waals surface area contributed by atoms with Gasteiger partial charge in [-0.3, -0.25) is 0 Å². The summed E-state index contributed by atoms with van der Waals surface area (Å²) >= 11 is 4.15.